The monoisotopic (exact) mass is 409 g/mol. The molecule has 0 aliphatic heterocycles. The van der Waals surface area contributed by atoms with Crippen molar-refractivity contribution in [1.82, 2.24) is 9.55 Å². The highest BCUT2D eigenvalue weighted by atomic mass is 35.5. The molecule has 0 saturated carbocycles. The molecule has 0 spiro atoms. The van der Waals surface area contributed by atoms with Crippen LogP contribution in [-0.4, -0.2) is 15.5 Å². The summed E-state index contributed by atoms with van der Waals surface area (Å²) in [7, 11) is 0. The maximum absolute atomic E-state index is 12.8. The molecule has 0 aliphatic carbocycles. The van der Waals surface area contributed by atoms with Gasteiger partial charge in [0.25, 0.3) is 5.56 Å². The second-order valence-electron chi connectivity index (χ2n) is 6.42. The van der Waals surface area contributed by atoms with E-state index in [-0.39, 0.29) is 18.0 Å². The largest absolute Gasteiger partial charge is 0.325 e. The smallest absolute Gasteiger partial charge is 0.271 e. The fourth-order valence-electron chi connectivity index (χ4n) is 2.81. The minimum atomic E-state index is -0.276. The number of carbonyl (C=O) groups is 1. The molecule has 4 aromatic rings. The first-order valence-electron chi connectivity index (χ1n) is 8.61. The van der Waals surface area contributed by atoms with Gasteiger partial charge >= 0.3 is 0 Å². The number of amides is 1. The Morgan fingerprint density at radius 2 is 1.86 bits per heavy atom. The van der Waals surface area contributed by atoms with Crippen LogP contribution in [-0.2, 0) is 11.3 Å². The molecule has 2 aromatic heterocycles. The van der Waals surface area contributed by atoms with E-state index in [4.69, 9.17) is 11.6 Å². The molecule has 4 rings (SSSR count). The molecule has 7 heteroatoms. The second kappa shape index (κ2) is 7.58. The van der Waals surface area contributed by atoms with Crippen molar-refractivity contribution >= 4 is 44.7 Å². The molecule has 0 radical (unpaired) electrons. The van der Waals surface area contributed by atoms with E-state index < -0.39 is 0 Å². The van der Waals surface area contributed by atoms with Crippen LogP contribution in [0.25, 0.3) is 20.7 Å². The van der Waals surface area contributed by atoms with E-state index in [1.54, 1.807) is 0 Å². The van der Waals surface area contributed by atoms with Crippen molar-refractivity contribution in [2.75, 3.05) is 5.32 Å². The Bertz CT molecular complexity index is 1210. The number of carbonyl (C=O) groups excluding carboxylic acids is 1. The predicted octanol–water partition coefficient (Wildman–Crippen LogP) is 4.73. The number of rotatable bonds is 4. The summed E-state index contributed by atoms with van der Waals surface area (Å²) < 4.78 is 1.85. The normalized spacial score (nSPS) is 10.9. The zero-order valence-electron chi connectivity index (χ0n) is 15.0. The summed E-state index contributed by atoms with van der Waals surface area (Å²) in [5, 5.41) is 3.45. The fraction of sp³-hybridized carbons (Fsp3) is 0.0952. The molecular formula is C21H16ClN3O2S. The van der Waals surface area contributed by atoms with E-state index in [9.17, 15) is 9.59 Å². The SMILES string of the molecule is Cc1ccc(NC(=O)Cn2cnc3cc(-c4ccc(Cl)cc4)sc3c2=O)cc1. The van der Waals surface area contributed by atoms with Crippen LogP contribution in [0.15, 0.2) is 65.7 Å². The molecule has 1 N–H and O–H groups in total. The molecule has 2 heterocycles. The van der Waals surface area contributed by atoms with Crippen LogP contribution >= 0.6 is 22.9 Å². The van der Waals surface area contributed by atoms with Gasteiger partial charge in [-0.25, -0.2) is 4.98 Å². The standard InChI is InChI=1S/C21H16ClN3O2S/c1-13-2-8-16(9-3-13)24-19(26)11-25-12-23-17-10-18(28-20(17)21(25)27)14-4-6-15(22)7-5-14/h2-10,12H,11H2,1H3,(H,24,26). The molecule has 0 aliphatic rings. The Morgan fingerprint density at radius 3 is 2.57 bits per heavy atom. The summed E-state index contributed by atoms with van der Waals surface area (Å²) in [6.45, 7) is 1.88. The Labute approximate surface area is 170 Å². The van der Waals surface area contributed by atoms with E-state index in [0.29, 0.717) is 20.9 Å². The lowest BCUT2D eigenvalue weighted by Crippen LogP contribution is -2.27. The predicted molar refractivity (Wildman–Crippen MR) is 114 cm³/mol. The van der Waals surface area contributed by atoms with Crippen molar-refractivity contribution < 1.29 is 4.79 Å². The van der Waals surface area contributed by atoms with Crippen molar-refractivity contribution in [3.05, 3.63) is 81.9 Å². The van der Waals surface area contributed by atoms with Crippen LogP contribution in [0.1, 0.15) is 5.56 Å². The zero-order chi connectivity index (χ0) is 19.7. The maximum Gasteiger partial charge on any atom is 0.271 e. The van der Waals surface area contributed by atoms with Crippen molar-refractivity contribution in [2.45, 2.75) is 13.5 Å². The molecule has 28 heavy (non-hydrogen) atoms. The third-order valence-electron chi connectivity index (χ3n) is 4.28. The van der Waals surface area contributed by atoms with Crippen LogP contribution < -0.4 is 10.9 Å². The number of fused-ring (bicyclic) bond motifs is 1. The van der Waals surface area contributed by atoms with E-state index in [1.165, 1.54) is 22.2 Å². The van der Waals surface area contributed by atoms with E-state index in [1.807, 2.05) is 61.5 Å². The number of hydrogen-bond acceptors (Lipinski definition) is 4. The van der Waals surface area contributed by atoms with Crippen molar-refractivity contribution in [3.8, 4) is 10.4 Å². The van der Waals surface area contributed by atoms with Crippen molar-refractivity contribution in [2.24, 2.45) is 0 Å². The summed E-state index contributed by atoms with van der Waals surface area (Å²) in [5.74, 6) is -0.276. The number of anilines is 1. The van der Waals surface area contributed by atoms with E-state index in [0.717, 1.165) is 16.0 Å². The quantitative estimate of drug-likeness (QED) is 0.530. The van der Waals surface area contributed by atoms with Gasteiger partial charge in [0.05, 0.1) is 11.8 Å². The van der Waals surface area contributed by atoms with Gasteiger partial charge in [-0.2, -0.15) is 0 Å². The van der Waals surface area contributed by atoms with Gasteiger partial charge in [0.15, 0.2) is 0 Å². The molecule has 0 bridgehead atoms. The molecule has 1 amide bonds. The lowest BCUT2D eigenvalue weighted by Gasteiger charge is -2.07. The van der Waals surface area contributed by atoms with Gasteiger partial charge < -0.3 is 5.32 Å². The summed E-state index contributed by atoms with van der Waals surface area (Å²) in [5.41, 5.74) is 3.16. The molecule has 140 valence electrons. The lowest BCUT2D eigenvalue weighted by molar-refractivity contribution is -0.116. The average Bonchev–Trinajstić information content (AvgIpc) is 3.12. The molecule has 5 nitrogen and oxygen atoms in total. The number of nitrogens with one attached hydrogen (secondary N) is 1. The minimum Gasteiger partial charge on any atom is -0.325 e. The van der Waals surface area contributed by atoms with Crippen molar-refractivity contribution in [1.29, 1.82) is 0 Å². The topological polar surface area (TPSA) is 64.0 Å². The minimum absolute atomic E-state index is 0.0934. The van der Waals surface area contributed by atoms with Gasteiger partial charge in [-0.3, -0.25) is 14.2 Å². The van der Waals surface area contributed by atoms with Gasteiger partial charge in [-0.1, -0.05) is 41.4 Å². The molecule has 0 saturated heterocycles. The van der Waals surface area contributed by atoms with Crippen LogP contribution in [0.2, 0.25) is 5.02 Å². The van der Waals surface area contributed by atoms with Crippen LogP contribution in [0.4, 0.5) is 5.69 Å². The first-order valence-corrected chi connectivity index (χ1v) is 9.80. The van der Waals surface area contributed by atoms with Gasteiger partial charge in [0, 0.05) is 15.6 Å². The second-order valence-corrected chi connectivity index (χ2v) is 7.91. The third kappa shape index (κ3) is 3.83. The maximum atomic E-state index is 12.8. The average molecular weight is 410 g/mol. The summed E-state index contributed by atoms with van der Waals surface area (Å²) >= 11 is 7.30. The third-order valence-corrected chi connectivity index (χ3v) is 5.70. The number of aromatic nitrogens is 2. The molecule has 0 atom stereocenters. The Balaban J connectivity index is 1.59. The van der Waals surface area contributed by atoms with Crippen LogP contribution in [0.3, 0.4) is 0 Å². The van der Waals surface area contributed by atoms with E-state index >= 15 is 0 Å². The number of benzene rings is 2. The molecule has 2 aromatic carbocycles. The molecule has 0 fully saturated rings. The highest BCUT2D eigenvalue weighted by molar-refractivity contribution is 7.22. The van der Waals surface area contributed by atoms with Gasteiger partial charge in [-0.15, -0.1) is 11.3 Å². The van der Waals surface area contributed by atoms with Gasteiger partial charge in [0.1, 0.15) is 11.2 Å². The number of nitrogens with zero attached hydrogens (tertiary/aromatic N) is 2. The Hall–Kier alpha value is -2.96. The van der Waals surface area contributed by atoms with Crippen molar-refractivity contribution in [3.63, 3.8) is 0 Å². The lowest BCUT2D eigenvalue weighted by atomic mass is 10.2. The highest BCUT2D eigenvalue weighted by Gasteiger charge is 2.12. The van der Waals surface area contributed by atoms with E-state index in [2.05, 4.69) is 10.3 Å². The number of thiophene rings is 1. The van der Waals surface area contributed by atoms with Crippen LogP contribution in [0, 0.1) is 6.92 Å². The number of halogens is 1. The Kier molecular flexibility index (Phi) is 4.98. The van der Waals surface area contributed by atoms with Gasteiger partial charge in [-0.05, 0) is 42.8 Å². The fourth-order valence-corrected chi connectivity index (χ4v) is 4.00. The summed E-state index contributed by atoms with van der Waals surface area (Å²) in [6.07, 6.45) is 1.41. The zero-order valence-corrected chi connectivity index (χ0v) is 16.6. The van der Waals surface area contributed by atoms with Gasteiger partial charge in [0.2, 0.25) is 5.91 Å². The number of aryl methyl sites for hydroxylation is 1. The Morgan fingerprint density at radius 1 is 1.14 bits per heavy atom. The highest BCUT2D eigenvalue weighted by Crippen LogP contribution is 2.31. The van der Waals surface area contributed by atoms with Crippen LogP contribution in [0.5, 0.6) is 0 Å². The molecular weight excluding hydrogens is 394 g/mol. The number of hydrogen-bond donors (Lipinski definition) is 1. The summed E-state index contributed by atoms with van der Waals surface area (Å²) in [4.78, 5) is 30.4. The molecule has 0 unspecified atom stereocenters. The first kappa shape index (κ1) is 18.4. The first-order chi connectivity index (χ1) is 13.5. The summed E-state index contributed by atoms with van der Waals surface area (Å²) in [6, 6.07) is 16.8.